The minimum Gasteiger partial charge on any atom is -0.508 e. The maximum Gasteiger partial charge on any atom is 0.144 e. The maximum absolute atomic E-state index is 9.40. The van der Waals surface area contributed by atoms with Gasteiger partial charge in [0.15, 0.2) is 0 Å². The zero-order valence-corrected chi connectivity index (χ0v) is 11.7. The summed E-state index contributed by atoms with van der Waals surface area (Å²) in [5.74, 6) is 1.64. The second-order valence-corrected chi connectivity index (χ2v) is 4.76. The fourth-order valence-corrected chi connectivity index (χ4v) is 2.25. The van der Waals surface area contributed by atoms with E-state index < -0.39 is 0 Å². The van der Waals surface area contributed by atoms with Gasteiger partial charge in [-0.2, -0.15) is 0 Å². The average molecular weight is 280 g/mol. The number of phenols is 1. The van der Waals surface area contributed by atoms with Crippen molar-refractivity contribution in [2.75, 3.05) is 11.9 Å². The lowest BCUT2D eigenvalue weighted by Crippen LogP contribution is -2.14. The molecule has 3 aromatic rings. The SMILES string of the molecule is CN(c1ccc(O)cc1)c1nc(CN)nc2ccccc12. The molecule has 0 aliphatic heterocycles. The van der Waals surface area contributed by atoms with E-state index in [-0.39, 0.29) is 5.75 Å². The highest BCUT2D eigenvalue weighted by molar-refractivity contribution is 5.91. The van der Waals surface area contributed by atoms with Crippen LogP contribution in [0.5, 0.6) is 5.75 Å². The molecule has 5 nitrogen and oxygen atoms in total. The Labute approximate surface area is 122 Å². The molecular formula is C16H16N4O. The molecule has 0 amide bonds. The zero-order valence-electron chi connectivity index (χ0n) is 11.7. The van der Waals surface area contributed by atoms with Crippen molar-refractivity contribution in [1.82, 2.24) is 9.97 Å². The van der Waals surface area contributed by atoms with E-state index in [0.29, 0.717) is 12.4 Å². The molecular weight excluding hydrogens is 264 g/mol. The number of aromatic hydroxyl groups is 1. The molecule has 0 atom stereocenters. The third-order valence-corrected chi connectivity index (χ3v) is 3.37. The quantitative estimate of drug-likeness (QED) is 0.771. The minimum absolute atomic E-state index is 0.238. The van der Waals surface area contributed by atoms with Crippen molar-refractivity contribution in [2.45, 2.75) is 6.54 Å². The van der Waals surface area contributed by atoms with Gasteiger partial charge in [0.1, 0.15) is 17.4 Å². The van der Waals surface area contributed by atoms with Gasteiger partial charge in [-0.3, -0.25) is 0 Å². The fourth-order valence-electron chi connectivity index (χ4n) is 2.25. The molecule has 5 heteroatoms. The average Bonchev–Trinajstić information content (AvgIpc) is 2.53. The number of nitrogens with two attached hydrogens (primary N) is 1. The number of aromatic nitrogens is 2. The molecule has 1 aromatic heterocycles. The van der Waals surface area contributed by atoms with Crippen LogP contribution < -0.4 is 10.6 Å². The number of phenolic OH excluding ortho intramolecular Hbond substituents is 1. The standard InChI is InChI=1S/C16H16N4O/c1-20(11-6-8-12(21)9-7-11)16-13-4-2-3-5-14(13)18-15(10-17)19-16/h2-9,21H,10,17H2,1H3. The van der Waals surface area contributed by atoms with Crippen LogP contribution in [0.2, 0.25) is 0 Å². The third kappa shape index (κ3) is 2.51. The third-order valence-electron chi connectivity index (χ3n) is 3.37. The molecule has 21 heavy (non-hydrogen) atoms. The van der Waals surface area contributed by atoms with Crippen molar-refractivity contribution >= 4 is 22.4 Å². The minimum atomic E-state index is 0.238. The van der Waals surface area contributed by atoms with E-state index in [1.165, 1.54) is 0 Å². The number of rotatable bonds is 3. The van der Waals surface area contributed by atoms with E-state index in [0.717, 1.165) is 22.4 Å². The number of hydrogen-bond acceptors (Lipinski definition) is 5. The van der Waals surface area contributed by atoms with E-state index in [1.54, 1.807) is 12.1 Å². The van der Waals surface area contributed by atoms with Crippen molar-refractivity contribution in [3.8, 4) is 5.75 Å². The van der Waals surface area contributed by atoms with E-state index >= 15 is 0 Å². The molecule has 0 saturated carbocycles. The number of nitrogens with zero attached hydrogens (tertiary/aromatic N) is 3. The van der Waals surface area contributed by atoms with E-state index in [4.69, 9.17) is 5.73 Å². The van der Waals surface area contributed by atoms with Crippen LogP contribution >= 0.6 is 0 Å². The Morgan fingerprint density at radius 2 is 1.76 bits per heavy atom. The number of para-hydroxylation sites is 1. The first-order valence-electron chi connectivity index (χ1n) is 6.67. The first-order valence-corrected chi connectivity index (χ1v) is 6.67. The summed E-state index contributed by atoms with van der Waals surface area (Å²) in [6, 6.07) is 14.8. The smallest absolute Gasteiger partial charge is 0.144 e. The second kappa shape index (κ2) is 5.38. The lowest BCUT2D eigenvalue weighted by Gasteiger charge is -2.20. The molecule has 3 rings (SSSR count). The molecule has 0 radical (unpaired) electrons. The van der Waals surface area contributed by atoms with Crippen molar-refractivity contribution in [2.24, 2.45) is 5.73 Å². The van der Waals surface area contributed by atoms with Gasteiger partial charge < -0.3 is 15.7 Å². The monoisotopic (exact) mass is 280 g/mol. The molecule has 0 saturated heterocycles. The summed E-state index contributed by atoms with van der Waals surface area (Å²) in [5.41, 5.74) is 7.49. The highest BCUT2D eigenvalue weighted by Gasteiger charge is 2.12. The Bertz CT molecular complexity index is 771. The van der Waals surface area contributed by atoms with Gasteiger partial charge in [0.2, 0.25) is 0 Å². The van der Waals surface area contributed by atoms with Gasteiger partial charge in [-0.1, -0.05) is 12.1 Å². The van der Waals surface area contributed by atoms with Crippen LogP contribution in [0.3, 0.4) is 0 Å². The lowest BCUT2D eigenvalue weighted by atomic mass is 10.2. The van der Waals surface area contributed by atoms with E-state index in [1.807, 2.05) is 48.3 Å². The number of benzene rings is 2. The predicted molar refractivity (Wildman–Crippen MR) is 83.6 cm³/mol. The van der Waals surface area contributed by atoms with Crippen LogP contribution in [-0.2, 0) is 6.54 Å². The summed E-state index contributed by atoms with van der Waals surface area (Å²) < 4.78 is 0. The zero-order chi connectivity index (χ0) is 14.8. The van der Waals surface area contributed by atoms with Gasteiger partial charge in [-0.05, 0) is 36.4 Å². The Morgan fingerprint density at radius 1 is 1.05 bits per heavy atom. The topological polar surface area (TPSA) is 75.3 Å². The first-order chi connectivity index (χ1) is 10.2. The van der Waals surface area contributed by atoms with Crippen molar-refractivity contribution in [3.05, 3.63) is 54.4 Å². The number of hydrogen-bond donors (Lipinski definition) is 2. The lowest BCUT2D eigenvalue weighted by molar-refractivity contribution is 0.475. The van der Waals surface area contributed by atoms with Gasteiger partial charge in [-0.25, -0.2) is 9.97 Å². The van der Waals surface area contributed by atoms with E-state index in [2.05, 4.69) is 9.97 Å². The summed E-state index contributed by atoms with van der Waals surface area (Å²) in [7, 11) is 1.93. The van der Waals surface area contributed by atoms with Crippen molar-refractivity contribution in [3.63, 3.8) is 0 Å². The molecule has 0 fully saturated rings. The maximum atomic E-state index is 9.40. The molecule has 2 aromatic carbocycles. The summed E-state index contributed by atoms with van der Waals surface area (Å²) in [6.45, 7) is 0.293. The van der Waals surface area contributed by atoms with Crippen molar-refractivity contribution in [1.29, 1.82) is 0 Å². The van der Waals surface area contributed by atoms with Gasteiger partial charge in [0.25, 0.3) is 0 Å². The summed E-state index contributed by atoms with van der Waals surface area (Å²) in [6.07, 6.45) is 0. The molecule has 0 aliphatic carbocycles. The van der Waals surface area contributed by atoms with Crippen LogP contribution in [0.4, 0.5) is 11.5 Å². The molecule has 1 heterocycles. The van der Waals surface area contributed by atoms with Gasteiger partial charge in [0, 0.05) is 18.1 Å². The van der Waals surface area contributed by atoms with E-state index in [9.17, 15) is 5.11 Å². The summed E-state index contributed by atoms with van der Waals surface area (Å²) in [5, 5.41) is 10.4. The van der Waals surface area contributed by atoms with Crippen molar-refractivity contribution < 1.29 is 5.11 Å². The highest BCUT2D eigenvalue weighted by atomic mass is 16.3. The van der Waals surface area contributed by atoms with Crippen LogP contribution in [0.25, 0.3) is 10.9 Å². The first kappa shape index (κ1) is 13.3. The second-order valence-electron chi connectivity index (χ2n) is 4.76. The fraction of sp³-hybridized carbons (Fsp3) is 0.125. The number of fused-ring (bicyclic) bond motifs is 1. The predicted octanol–water partition coefficient (Wildman–Crippen LogP) is 2.56. The Kier molecular flexibility index (Phi) is 3.41. The number of anilines is 2. The van der Waals surface area contributed by atoms with Gasteiger partial charge in [-0.15, -0.1) is 0 Å². The van der Waals surface area contributed by atoms with Gasteiger partial charge >= 0.3 is 0 Å². The molecule has 0 unspecified atom stereocenters. The van der Waals surface area contributed by atoms with Crippen LogP contribution in [0.1, 0.15) is 5.82 Å². The molecule has 3 N–H and O–H groups in total. The van der Waals surface area contributed by atoms with Crippen LogP contribution in [0.15, 0.2) is 48.5 Å². The van der Waals surface area contributed by atoms with Gasteiger partial charge in [0.05, 0.1) is 12.1 Å². The van der Waals surface area contributed by atoms with Crippen LogP contribution in [0, 0.1) is 0 Å². The molecule has 106 valence electrons. The molecule has 0 bridgehead atoms. The highest BCUT2D eigenvalue weighted by Crippen LogP contribution is 2.29. The Balaban J connectivity index is 2.16. The Morgan fingerprint density at radius 3 is 2.48 bits per heavy atom. The van der Waals surface area contributed by atoms with Crippen LogP contribution in [-0.4, -0.2) is 22.1 Å². The molecule has 0 aliphatic rings. The molecule has 0 spiro atoms. The Hall–Kier alpha value is -2.66. The summed E-state index contributed by atoms with van der Waals surface area (Å²) in [4.78, 5) is 10.9. The summed E-state index contributed by atoms with van der Waals surface area (Å²) >= 11 is 0. The largest absolute Gasteiger partial charge is 0.508 e. The normalized spacial score (nSPS) is 10.8.